The molecule has 0 amide bonds. The standard InChI is InChI=1S/C22H29N3/c1-15(2)20(24-18-13-9-7-11-16(18)3)21(23)25-19-14-10-8-12-17(19)22(4,5)6/h7-14,24H,1-6H3,(H2,23,25). The Morgan fingerprint density at radius 3 is 2.16 bits per heavy atom. The van der Waals surface area contributed by atoms with Gasteiger partial charge in [0.25, 0.3) is 0 Å². The number of anilines is 1. The van der Waals surface area contributed by atoms with Gasteiger partial charge in [0.1, 0.15) is 5.84 Å². The lowest BCUT2D eigenvalue weighted by Gasteiger charge is -2.21. The minimum Gasteiger partial charge on any atom is -0.382 e. The third-order valence-electron chi connectivity index (χ3n) is 4.11. The number of allylic oxidation sites excluding steroid dienone is 1. The average molecular weight is 335 g/mol. The molecule has 0 saturated heterocycles. The molecule has 2 rings (SSSR count). The van der Waals surface area contributed by atoms with Gasteiger partial charge in [0.2, 0.25) is 0 Å². The van der Waals surface area contributed by atoms with Crippen LogP contribution in [0.5, 0.6) is 0 Å². The van der Waals surface area contributed by atoms with Crippen molar-refractivity contribution in [3.05, 3.63) is 70.9 Å². The number of hydrogen-bond acceptors (Lipinski definition) is 2. The monoisotopic (exact) mass is 335 g/mol. The zero-order valence-electron chi connectivity index (χ0n) is 16.1. The number of hydrogen-bond donors (Lipinski definition) is 2. The fourth-order valence-electron chi connectivity index (χ4n) is 2.68. The Morgan fingerprint density at radius 2 is 1.56 bits per heavy atom. The van der Waals surface area contributed by atoms with Crippen molar-refractivity contribution in [3.8, 4) is 0 Å². The Hall–Kier alpha value is -2.55. The van der Waals surface area contributed by atoms with Gasteiger partial charge < -0.3 is 11.1 Å². The number of benzene rings is 2. The van der Waals surface area contributed by atoms with Crippen molar-refractivity contribution in [3.63, 3.8) is 0 Å². The van der Waals surface area contributed by atoms with E-state index in [0.29, 0.717) is 5.84 Å². The van der Waals surface area contributed by atoms with Crippen LogP contribution in [0.15, 0.2) is 64.8 Å². The summed E-state index contributed by atoms with van der Waals surface area (Å²) in [4.78, 5) is 4.75. The van der Waals surface area contributed by atoms with Gasteiger partial charge in [-0.05, 0) is 55.0 Å². The Bertz CT molecular complexity index is 804. The summed E-state index contributed by atoms with van der Waals surface area (Å²) in [6.07, 6.45) is 0. The molecule has 0 aliphatic rings. The van der Waals surface area contributed by atoms with Crippen molar-refractivity contribution in [2.24, 2.45) is 10.7 Å². The number of nitrogens with zero attached hydrogens (tertiary/aromatic N) is 1. The fourth-order valence-corrected chi connectivity index (χ4v) is 2.68. The van der Waals surface area contributed by atoms with Gasteiger partial charge in [-0.15, -0.1) is 0 Å². The Labute approximate surface area is 151 Å². The van der Waals surface area contributed by atoms with Gasteiger partial charge in [-0.1, -0.05) is 57.2 Å². The molecular weight excluding hydrogens is 306 g/mol. The topological polar surface area (TPSA) is 50.4 Å². The Kier molecular flexibility index (Phi) is 5.68. The molecule has 0 aliphatic carbocycles. The molecule has 0 bridgehead atoms. The van der Waals surface area contributed by atoms with E-state index in [1.54, 1.807) is 0 Å². The van der Waals surface area contributed by atoms with E-state index >= 15 is 0 Å². The first-order valence-corrected chi connectivity index (χ1v) is 8.64. The Balaban J connectivity index is 2.43. The van der Waals surface area contributed by atoms with Crippen LogP contribution in [0.25, 0.3) is 0 Å². The number of amidine groups is 1. The molecule has 3 N–H and O–H groups in total. The summed E-state index contributed by atoms with van der Waals surface area (Å²) < 4.78 is 0. The van der Waals surface area contributed by atoms with Crippen LogP contribution in [0.3, 0.4) is 0 Å². The average Bonchev–Trinajstić information content (AvgIpc) is 2.53. The van der Waals surface area contributed by atoms with Crippen molar-refractivity contribution >= 4 is 17.2 Å². The van der Waals surface area contributed by atoms with Crippen molar-refractivity contribution < 1.29 is 0 Å². The zero-order valence-corrected chi connectivity index (χ0v) is 16.1. The summed E-state index contributed by atoms with van der Waals surface area (Å²) in [6.45, 7) is 12.7. The number of nitrogens with two attached hydrogens (primary N) is 1. The normalized spacial score (nSPS) is 12.0. The molecule has 0 radical (unpaired) electrons. The summed E-state index contributed by atoms with van der Waals surface area (Å²) in [5.41, 5.74) is 12.7. The minimum atomic E-state index is 0.00889. The van der Waals surface area contributed by atoms with Crippen LogP contribution in [-0.2, 0) is 5.41 Å². The lowest BCUT2D eigenvalue weighted by atomic mass is 9.86. The maximum absolute atomic E-state index is 6.39. The maximum Gasteiger partial charge on any atom is 0.147 e. The fraction of sp³-hybridized carbons (Fsp3) is 0.318. The predicted octanol–water partition coefficient (Wildman–Crippen LogP) is 5.69. The highest BCUT2D eigenvalue weighted by Crippen LogP contribution is 2.31. The highest BCUT2D eigenvalue weighted by molar-refractivity contribution is 6.01. The van der Waals surface area contributed by atoms with Crippen molar-refractivity contribution in [2.75, 3.05) is 5.32 Å². The Morgan fingerprint density at radius 1 is 0.960 bits per heavy atom. The van der Waals surface area contributed by atoms with Crippen molar-refractivity contribution in [2.45, 2.75) is 47.0 Å². The predicted molar refractivity (Wildman–Crippen MR) is 110 cm³/mol. The van der Waals surface area contributed by atoms with Crippen LogP contribution in [0.4, 0.5) is 11.4 Å². The molecule has 0 fully saturated rings. The van der Waals surface area contributed by atoms with Gasteiger partial charge in [0.15, 0.2) is 0 Å². The number of nitrogens with one attached hydrogen (secondary N) is 1. The summed E-state index contributed by atoms with van der Waals surface area (Å²) >= 11 is 0. The largest absolute Gasteiger partial charge is 0.382 e. The first kappa shape index (κ1) is 18.8. The molecule has 0 atom stereocenters. The van der Waals surface area contributed by atoms with Gasteiger partial charge in [0.05, 0.1) is 11.4 Å². The van der Waals surface area contributed by atoms with Crippen LogP contribution in [0, 0.1) is 6.92 Å². The van der Waals surface area contributed by atoms with Crippen LogP contribution >= 0.6 is 0 Å². The van der Waals surface area contributed by atoms with Gasteiger partial charge in [-0.3, -0.25) is 0 Å². The summed E-state index contributed by atoms with van der Waals surface area (Å²) in [7, 11) is 0. The molecule has 25 heavy (non-hydrogen) atoms. The van der Waals surface area contributed by atoms with Crippen LogP contribution in [-0.4, -0.2) is 5.84 Å². The summed E-state index contributed by atoms with van der Waals surface area (Å²) in [5, 5.41) is 3.45. The molecule has 0 saturated carbocycles. The van der Waals surface area contributed by atoms with Gasteiger partial charge in [-0.25, -0.2) is 4.99 Å². The quantitative estimate of drug-likeness (QED) is 0.557. The van der Waals surface area contributed by atoms with E-state index in [0.717, 1.165) is 22.6 Å². The molecule has 2 aromatic rings. The third-order valence-corrected chi connectivity index (χ3v) is 4.11. The summed E-state index contributed by atoms with van der Waals surface area (Å²) in [6, 6.07) is 16.3. The molecule has 2 aromatic carbocycles. The smallest absolute Gasteiger partial charge is 0.147 e. The number of para-hydroxylation sites is 2. The van der Waals surface area contributed by atoms with E-state index < -0.39 is 0 Å². The number of aryl methyl sites for hydroxylation is 1. The highest BCUT2D eigenvalue weighted by Gasteiger charge is 2.18. The molecule has 0 heterocycles. The zero-order chi connectivity index (χ0) is 18.6. The van der Waals surface area contributed by atoms with Crippen LogP contribution < -0.4 is 11.1 Å². The molecule has 0 aromatic heterocycles. The second-order valence-corrected chi connectivity index (χ2v) is 7.58. The molecule has 3 heteroatoms. The molecular formula is C22H29N3. The molecule has 132 valence electrons. The van der Waals surface area contributed by atoms with E-state index in [1.165, 1.54) is 11.1 Å². The first-order chi connectivity index (χ1) is 11.7. The maximum atomic E-state index is 6.39. The molecule has 0 unspecified atom stereocenters. The van der Waals surface area contributed by atoms with Crippen molar-refractivity contribution in [1.29, 1.82) is 0 Å². The van der Waals surface area contributed by atoms with Gasteiger partial charge >= 0.3 is 0 Å². The van der Waals surface area contributed by atoms with E-state index in [4.69, 9.17) is 10.7 Å². The van der Waals surface area contributed by atoms with Crippen LogP contribution in [0.2, 0.25) is 0 Å². The van der Waals surface area contributed by atoms with E-state index in [-0.39, 0.29) is 5.41 Å². The summed E-state index contributed by atoms with van der Waals surface area (Å²) in [5.74, 6) is 0.500. The van der Waals surface area contributed by atoms with E-state index in [2.05, 4.69) is 51.2 Å². The van der Waals surface area contributed by atoms with Gasteiger partial charge in [0, 0.05) is 5.69 Å². The first-order valence-electron chi connectivity index (χ1n) is 8.64. The SMILES string of the molecule is CC(C)=C(Nc1ccccc1C)C(N)=Nc1ccccc1C(C)(C)C. The van der Waals surface area contributed by atoms with E-state index in [9.17, 15) is 0 Å². The molecule has 3 nitrogen and oxygen atoms in total. The van der Waals surface area contributed by atoms with E-state index in [1.807, 2.05) is 44.2 Å². The lowest BCUT2D eigenvalue weighted by Crippen LogP contribution is -2.22. The lowest BCUT2D eigenvalue weighted by molar-refractivity contribution is 0.591. The minimum absolute atomic E-state index is 0.00889. The molecule has 0 aliphatic heterocycles. The van der Waals surface area contributed by atoms with Crippen molar-refractivity contribution in [1.82, 2.24) is 0 Å². The molecule has 0 spiro atoms. The second-order valence-electron chi connectivity index (χ2n) is 7.58. The number of rotatable bonds is 4. The van der Waals surface area contributed by atoms with Crippen LogP contribution in [0.1, 0.15) is 45.7 Å². The highest BCUT2D eigenvalue weighted by atomic mass is 15.0. The third kappa shape index (κ3) is 4.72. The number of aliphatic imine (C=N–C) groups is 1. The second kappa shape index (κ2) is 7.56. The van der Waals surface area contributed by atoms with Gasteiger partial charge in [-0.2, -0.15) is 0 Å².